The summed E-state index contributed by atoms with van der Waals surface area (Å²) in [6.07, 6.45) is 5.82. The van der Waals surface area contributed by atoms with Crippen molar-refractivity contribution < 1.29 is 13.2 Å². The molecule has 1 fully saturated rings. The van der Waals surface area contributed by atoms with E-state index in [9.17, 15) is 13.2 Å². The number of nitrogens with one attached hydrogen (secondary N) is 1. The fourth-order valence-electron chi connectivity index (χ4n) is 4.26. The summed E-state index contributed by atoms with van der Waals surface area (Å²) in [5, 5.41) is 8.61. The molecular weight excluding hydrogens is 514 g/mol. The molecular formula is C26H22ClN5O4S. The average molecular weight is 536 g/mol. The number of sulfonamides is 1. The number of fused-ring (bicyclic) bond motifs is 1. The van der Waals surface area contributed by atoms with Crippen molar-refractivity contribution >= 4 is 44.0 Å². The highest BCUT2D eigenvalue weighted by Gasteiger charge is 2.32. The molecule has 0 amide bonds. The lowest BCUT2D eigenvalue weighted by Crippen LogP contribution is -2.28. The predicted molar refractivity (Wildman–Crippen MR) is 141 cm³/mol. The number of benzene rings is 1. The average Bonchev–Trinajstić information content (AvgIpc) is 3.42. The van der Waals surface area contributed by atoms with Crippen LogP contribution < -0.4 is 14.6 Å². The second kappa shape index (κ2) is 10.2. The summed E-state index contributed by atoms with van der Waals surface area (Å²) in [4.78, 5) is 18.7. The molecule has 1 N–H and O–H groups in total. The molecule has 11 heteroatoms. The molecule has 4 aromatic rings. The van der Waals surface area contributed by atoms with Gasteiger partial charge in [0.15, 0.2) is 5.82 Å². The fraction of sp³-hybridized carbons (Fsp3) is 0.231. The molecule has 5 rings (SSSR count). The summed E-state index contributed by atoms with van der Waals surface area (Å²) in [5.74, 6) is 6.57. The Morgan fingerprint density at radius 3 is 2.68 bits per heavy atom. The zero-order chi connectivity index (χ0) is 26.0. The Balaban J connectivity index is 1.65. The molecule has 1 aliphatic rings. The van der Waals surface area contributed by atoms with Gasteiger partial charge in [0, 0.05) is 23.7 Å². The van der Waals surface area contributed by atoms with Crippen LogP contribution in [0.3, 0.4) is 0 Å². The van der Waals surface area contributed by atoms with Gasteiger partial charge in [-0.2, -0.15) is 5.10 Å². The Morgan fingerprint density at radius 2 is 1.95 bits per heavy atom. The van der Waals surface area contributed by atoms with E-state index in [2.05, 4.69) is 32.0 Å². The van der Waals surface area contributed by atoms with Crippen LogP contribution in [0.4, 0.5) is 11.5 Å². The summed E-state index contributed by atoms with van der Waals surface area (Å²) in [5.41, 5.74) is 0.581. The lowest BCUT2D eigenvalue weighted by atomic mass is 10.1. The van der Waals surface area contributed by atoms with Gasteiger partial charge in [-0.1, -0.05) is 30.4 Å². The third-order valence-corrected chi connectivity index (χ3v) is 8.09. The smallest absolute Gasteiger partial charge is 0.270 e. The van der Waals surface area contributed by atoms with E-state index in [1.54, 1.807) is 12.1 Å². The van der Waals surface area contributed by atoms with Gasteiger partial charge in [0.05, 0.1) is 17.0 Å². The molecule has 0 unspecified atom stereocenters. The summed E-state index contributed by atoms with van der Waals surface area (Å²) in [6, 6.07) is 11.8. The van der Waals surface area contributed by atoms with Gasteiger partial charge in [0.1, 0.15) is 11.4 Å². The quantitative estimate of drug-likeness (QED) is 0.375. The maximum atomic E-state index is 14.0. The predicted octanol–water partition coefficient (Wildman–Crippen LogP) is 4.44. The number of rotatable bonds is 5. The number of aromatic nitrogens is 4. The van der Waals surface area contributed by atoms with Crippen LogP contribution in [-0.2, 0) is 10.0 Å². The summed E-state index contributed by atoms with van der Waals surface area (Å²) in [7, 11) is -2.88. The van der Waals surface area contributed by atoms with Crippen molar-refractivity contribution in [2.75, 3.05) is 11.4 Å². The van der Waals surface area contributed by atoms with Crippen LogP contribution >= 0.6 is 11.6 Å². The Labute approximate surface area is 218 Å². The summed E-state index contributed by atoms with van der Waals surface area (Å²) >= 11 is 6.55. The van der Waals surface area contributed by atoms with Crippen molar-refractivity contribution in [1.29, 1.82) is 0 Å². The van der Waals surface area contributed by atoms with E-state index in [4.69, 9.17) is 16.3 Å². The van der Waals surface area contributed by atoms with Gasteiger partial charge in [-0.25, -0.2) is 17.7 Å². The molecule has 1 aromatic carbocycles. The van der Waals surface area contributed by atoms with Gasteiger partial charge in [-0.3, -0.25) is 4.79 Å². The first-order valence-electron chi connectivity index (χ1n) is 11.6. The Morgan fingerprint density at radius 1 is 1.14 bits per heavy atom. The van der Waals surface area contributed by atoms with Gasteiger partial charge >= 0.3 is 0 Å². The number of hydrogen-bond donors (Lipinski definition) is 1. The van der Waals surface area contributed by atoms with E-state index in [0.29, 0.717) is 22.5 Å². The largest absolute Gasteiger partial charge is 0.479 e. The van der Waals surface area contributed by atoms with Crippen LogP contribution in [0.25, 0.3) is 10.9 Å². The third kappa shape index (κ3) is 5.01. The van der Waals surface area contributed by atoms with E-state index >= 15 is 0 Å². The van der Waals surface area contributed by atoms with Gasteiger partial charge in [-0.15, -0.1) is 5.10 Å². The topological polar surface area (TPSA) is 118 Å². The second-order valence-electron chi connectivity index (χ2n) is 8.52. The lowest BCUT2D eigenvalue weighted by Gasteiger charge is -2.24. The highest BCUT2D eigenvalue weighted by atomic mass is 35.5. The first-order chi connectivity index (χ1) is 17.9. The van der Waals surface area contributed by atoms with E-state index in [1.165, 1.54) is 49.7 Å². The van der Waals surface area contributed by atoms with Crippen molar-refractivity contribution in [2.45, 2.75) is 30.6 Å². The molecule has 9 nitrogen and oxygen atoms in total. The maximum Gasteiger partial charge on any atom is 0.270 e. The van der Waals surface area contributed by atoms with E-state index in [1.807, 2.05) is 0 Å². The van der Waals surface area contributed by atoms with Gasteiger partial charge in [0.2, 0.25) is 11.4 Å². The highest BCUT2D eigenvalue weighted by molar-refractivity contribution is 7.93. The minimum absolute atomic E-state index is 0.0134. The van der Waals surface area contributed by atoms with Crippen molar-refractivity contribution in [3.8, 4) is 17.7 Å². The minimum Gasteiger partial charge on any atom is -0.479 e. The molecule has 0 saturated heterocycles. The van der Waals surface area contributed by atoms with Crippen LogP contribution in [0.15, 0.2) is 64.4 Å². The van der Waals surface area contributed by atoms with Crippen LogP contribution in [0, 0.1) is 17.8 Å². The van der Waals surface area contributed by atoms with Gasteiger partial charge in [-0.05, 0) is 66.6 Å². The summed E-state index contributed by atoms with van der Waals surface area (Å²) in [6.45, 7) is 0. The number of aromatic amines is 1. The molecule has 3 aromatic heterocycles. The maximum absolute atomic E-state index is 14.0. The molecule has 1 aliphatic carbocycles. The number of pyridine rings is 2. The zero-order valence-corrected chi connectivity index (χ0v) is 21.4. The monoisotopic (exact) mass is 535 g/mol. The number of nitrogens with zero attached hydrogens (tertiary/aromatic N) is 4. The van der Waals surface area contributed by atoms with E-state index in [0.717, 1.165) is 30.0 Å². The first-order valence-corrected chi connectivity index (χ1v) is 13.4. The standard InChI is InChI=1S/C26H22ClN5O4S/c1-36-26-23(16-20(27)22(30-26)11-8-17-5-2-3-6-17)32(24-7-4-14-28-31-24)37(34,35)19-10-12-21-18(15-19)9-13-25(33)29-21/h4,7,9-10,12-17H,2-3,5-6H2,1H3,(H,29,33). The first kappa shape index (κ1) is 24.7. The van der Waals surface area contributed by atoms with Crippen LogP contribution in [0.2, 0.25) is 5.02 Å². The third-order valence-electron chi connectivity index (χ3n) is 6.08. The SMILES string of the molecule is COc1nc(C#CC2CCCC2)c(Cl)cc1N(c1cccnn1)S(=O)(=O)c1ccc2[nH]c(=O)ccc2c1. The van der Waals surface area contributed by atoms with Crippen LogP contribution in [-0.4, -0.2) is 35.7 Å². The Hall–Kier alpha value is -3.94. The molecule has 0 aliphatic heterocycles. The molecule has 37 heavy (non-hydrogen) atoms. The number of methoxy groups -OCH3 is 1. The number of hydrogen-bond acceptors (Lipinski definition) is 7. The number of ether oxygens (including phenoxy) is 1. The molecule has 1 saturated carbocycles. The highest BCUT2D eigenvalue weighted by Crippen LogP contribution is 2.39. The van der Waals surface area contributed by atoms with E-state index in [-0.39, 0.29) is 32.9 Å². The zero-order valence-electron chi connectivity index (χ0n) is 19.8. The Bertz CT molecular complexity index is 1690. The van der Waals surface area contributed by atoms with Gasteiger partial charge in [0.25, 0.3) is 10.0 Å². The fourth-order valence-corrected chi connectivity index (χ4v) is 5.92. The van der Waals surface area contributed by atoms with Crippen LogP contribution in [0.1, 0.15) is 31.4 Å². The number of H-pyrrole nitrogens is 1. The number of anilines is 2. The molecule has 188 valence electrons. The van der Waals surface area contributed by atoms with Crippen molar-refractivity contribution in [3.63, 3.8) is 0 Å². The van der Waals surface area contributed by atoms with Crippen LogP contribution in [0.5, 0.6) is 5.88 Å². The summed E-state index contributed by atoms with van der Waals surface area (Å²) < 4.78 is 34.6. The van der Waals surface area contributed by atoms with Crippen molar-refractivity contribution in [2.24, 2.45) is 5.92 Å². The minimum atomic E-state index is -4.27. The molecule has 3 heterocycles. The molecule has 0 bridgehead atoms. The van der Waals surface area contributed by atoms with E-state index < -0.39 is 10.0 Å². The molecule has 0 spiro atoms. The normalized spacial score (nSPS) is 13.8. The molecule has 0 radical (unpaired) electrons. The van der Waals surface area contributed by atoms with Crippen molar-refractivity contribution in [1.82, 2.24) is 20.2 Å². The number of halogens is 1. The van der Waals surface area contributed by atoms with Gasteiger partial charge < -0.3 is 9.72 Å². The second-order valence-corrected chi connectivity index (χ2v) is 10.7. The van der Waals surface area contributed by atoms with Crippen molar-refractivity contribution in [3.05, 3.63) is 75.8 Å². The molecule has 0 atom stereocenters. The Kier molecular flexibility index (Phi) is 6.82. The lowest BCUT2D eigenvalue weighted by molar-refractivity contribution is 0.399.